The molecule has 0 aliphatic heterocycles. The number of aryl methyl sites for hydroxylation is 1. The molecule has 0 amide bonds. The van der Waals surface area contributed by atoms with Crippen molar-refractivity contribution in [2.45, 2.75) is 37.8 Å². The molecule has 0 atom stereocenters. The zero-order valence-electron chi connectivity index (χ0n) is 11.9. The van der Waals surface area contributed by atoms with E-state index in [4.69, 9.17) is 5.73 Å². The third kappa shape index (κ3) is 4.89. The molecule has 0 saturated carbocycles. The van der Waals surface area contributed by atoms with Crippen molar-refractivity contribution < 1.29 is 21.6 Å². The number of hydrogen-bond acceptors (Lipinski definition) is 3. The van der Waals surface area contributed by atoms with Gasteiger partial charge in [-0.2, -0.15) is 17.5 Å². The molecule has 8 heteroatoms. The van der Waals surface area contributed by atoms with Crippen LogP contribution in [0, 0.1) is 6.92 Å². The van der Waals surface area contributed by atoms with E-state index in [9.17, 15) is 21.6 Å². The van der Waals surface area contributed by atoms with Gasteiger partial charge in [-0.3, -0.25) is 0 Å². The van der Waals surface area contributed by atoms with E-state index in [0.29, 0.717) is 22.7 Å². The number of sulfonamides is 1. The summed E-state index contributed by atoms with van der Waals surface area (Å²) in [6, 6.07) is 3.95. The van der Waals surface area contributed by atoms with Crippen molar-refractivity contribution in [1.29, 1.82) is 0 Å². The molecule has 1 aromatic rings. The Morgan fingerprint density at radius 2 is 1.90 bits per heavy atom. The van der Waals surface area contributed by atoms with Gasteiger partial charge in [0.2, 0.25) is 10.0 Å². The quantitative estimate of drug-likeness (QED) is 0.818. The minimum atomic E-state index is -4.59. The van der Waals surface area contributed by atoms with E-state index in [1.807, 2.05) is 0 Å². The number of nitrogen functional groups attached to an aromatic ring is 1. The Labute approximate surface area is 122 Å². The number of halogens is 3. The van der Waals surface area contributed by atoms with Crippen LogP contribution in [0.2, 0.25) is 0 Å². The van der Waals surface area contributed by atoms with Gasteiger partial charge in [-0.1, -0.05) is 19.4 Å². The van der Waals surface area contributed by atoms with Gasteiger partial charge in [-0.25, -0.2) is 8.42 Å². The summed E-state index contributed by atoms with van der Waals surface area (Å²) in [7, 11) is -4.21. The van der Waals surface area contributed by atoms with E-state index in [-0.39, 0.29) is 17.1 Å². The lowest BCUT2D eigenvalue weighted by molar-refractivity contribution is -0.136. The molecule has 0 bridgehead atoms. The standard InChI is InChI=1S/C13H19F3N2O2S/c1-3-4-7-18(9-13(14,15)16)21(19,20)11-6-5-10(2)12(17)8-11/h5-6,8H,3-4,7,9,17H2,1-2H3. The second-order valence-corrected chi connectivity index (χ2v) is 6.76. The Balaban J connectivity index is 3.16. The number of hydrogen-bond donors (Lipinski definition) is 1. The molecule has 0 aliphatic rings. The number of rotatable bonds is 6. The number of unbranched alkanes of at least 4 members (excludes halogenated alkanes) is 1. The van der Waals surface area contributed by atoms with Crippen LogP contribution < -0.4 is 5.73 Å². The molecular formula is C13H19F3N2O2S. The number of nitrogens with zero attached hydrogens (tertiary/aromatic N) is 1. The van der Waals surface area contributed by atoms with Crippen LogP contribution in [0.3, 0.4) is 0 Å². The van der Waals surface area contributed by atoms with Crippen LogP contribution in [0.15, 0.2) is 23.1 Å². The third-order valence-electron chi connectivity index (χ3n) is 3.01. The molecule has 1 rings (SSSR count). The first-order chi connectivity index (χ1) is 9.58. The van der Waals surface area contributed by atoms with Gasteiger partial charge in [-0.15, -0.1) is 0 Å². The summed E-state index contributed by atoms with van der Waals surface area (Å²) in [4.78, 5) is -0.217. The van der Waals surface area contributed by atoms with Crippen LogP contribution >= 0.6 is 0 Å². The average molecular weight is 324 g/mol. The van der Waals surface area contributed by atoms with Gasteiger partial charge in [-0.05, 0) is 31.0 Å². The van der Waals surface area contributed by atoms with E-state index in [2.05, 4.69) is 0 Å². The Hall–Kier alpha value is -1.28. The molecule has 0 heterocycles. The molecule has 21 heavy (non-hydrogen) atoms. The Kier molecular flexibility index (Phi) is 5.63. The molecule has 0 aliphatic carbocycles. The summed E-state index contributed by atoms with van der Waals surface area (Å²) in [5.41, 5.74) is 6.55. The zero-order valence-corrected chi connectivity index (χ0v) is 12.8. The molecule has 0 aromatic heterocycles. The lowest BCUT2D eigenvalue weighted by Crippen LogP contribution is -2.39. The van der Waals surface area contributed by atoms with Crippen molar-refractivity contribution in [3.8, 4) is 0 Å². The predicted molar refractivity (Wildman–Crippen MR) is 75.3 cm³/mol. The minimum Gasteiger partial charge on any atom is -0.398 e. The monoisotopic (exact) mass is 324 g/mol. The summed E-state index contributed by atoms with van der Waals surface area (Å²) in [5.74, 6) is 0. The molecule has 0 unspecified atom stereocenters. The maximum atomic E-state index is 12.6. The van der Waals surface area contributed by atoms with Crippen LogP contribution in [-0.2, 0) is 10.0 Å². The van der Waals surface area contributed by atoms with Crippen molar-refractivity contribution in [2.75, 3.05) is 18.8 Å². The smallest absolute Gasteiger partial charge is 0.398 e. The van der Waals surface area contributed by atoms with Gasteiger partial charge >= 0.3 is 6.18 Å². The van der Waals surface area contributed by atoms with Gasteiger partial charge in [0.1, 0.15) is 6.54 Å². The summed E-state index contributed by atoms with van der Waals surface area (Å²) in [5, 5.41) is 0. The van der Waals surface area contributed by atoms with Gasteiger partial charge in [0.05, 0.1) is 4.90 Å². The highest BCUT2D eigenvalue weighted by Gasteiger charge is 2.36. The van der Waals surface area contributed by atoms with Crippen LogP contribution in [0.1, 0.15) is 25.3 Å². The van der Waals surface area contributed by atoms with Crippen molar-refractivity contribution in [2.24, 2.45) is 0 Å². The van der Waals surface area contributed by atoms with Crippen molar-refractivity contribution in [3.63, 3.8) is 0 Å². The van der Waals surface area contributed by atoms with Crippen molar-refractivity contribution >= 4 is 15.7 Å². The second kappa shape index (κ2) is 6.65. The molecule has 1 aromatic carbocycles. The maximum absolute atomic E-state index is 12.6. The molecule has 0 radical (unpaired) electrons. The number of anilines is 1. The second-order valence-electron chi connectivity index (χ2n) is 4.83. The molecule has 0 saturated heterocycles. The maximum Gasteiger partial charge on any atom is 0.402 e. The largest absolute Gasteiger partial charge is 0.402 e. The molecule has 120 valence electrons. The summed E-state index contributed by atoms with van der Waals surface area (Å²) >= 11 is 0. The van der Waals surface area contributed by atoms with E-state index in [1.54, 1.807) is 13.8 Å². The molecule has 0 fully saturated rings. The lowest BCUT2D eigenvalue weighted by Gasteiger charge is -2.23. The van der Waals surface area contributed by atoms with Crippen LogP contribution in [-0.4, -0.2) is 32.0 Å². The molecule has 2 N–H and O–H groups in total. The summed E-state index contributed by atoms with van der Waals surface area (Å²) < 4.78 is 62.9. The molecule has 0 spiro atoms. The normalized spacial score (nSPS) is 12.9. The van der Waals surface area contributed by atoms with E-state index in [1.165, 1.54) is 18.2 Å². The van der Waals surface area contributed by atoms with Crippen LogP contribution in [0.25, 0.3) is 0 Å². The van der Waals surface area contributed by atoms with Gasteiger partial charge in [0, 0.05) is 12.2 Å². The first kappa shape index (κ1) is 17.8. The van der Waals surface area contributed by atoms with E-state index in [0.717, 1.165) is 0 Å². The number of nitrogens with two attached hydrogens (primary N) is 1. The van der Waals surface area contributed by atoms with Gasteiger partial charge < -0.3 is 5.73 Å². The fourth-order valence-electron chi connectivity index (χ4n) is 1.75. The van der Waals surface area contributed by atoms with Gasteiger partial charge in [0.15, 0.2) is 0 Å². The van der Waals surface area contributed by atoms with Crippen molar-refractivity contribution in [1.82, 2.24) is 4.31 Å². The SMILES string of the molecule is CCCCN(CC(F)(F)F)S(=O)(=O)c1ccc(C)c(N)c1. The lowest BCUT2D eigenvalue weighted by atomic mass is 10.2. The predicted octanol–water partition coefficient (Wildman–Crippen LogP) is 2.93. The van der Waals surface area contributed by atoms with Gasteiger partial charge in [0.25, 0.3) is 0 Å². The third-order valence-corrected chi connectivity index (χ3v) is 4.85. The topological polar surface area (TPSA) is 63.4 Å². The fraction of sp³-hybridized carbons (Fsp3) is 0.538. The van der Waals surface area contributed by atoms with Crippen molar-refractivity contribution in [3.05, 3.63) is 23.8 Å². The Morgan fingerprint density at radius 3 is 2.38 bits per heavy atom. The first-order valence-corrected chi connectivity index (χ1v) is 7.95. The molecular weight excluding hydrogens is 305 g/mol. The first-order valence-electron chi connectivity index (χ1n) is 6.51. The molecule has 4 nitrogen and oxygen atoms in total. The zero-order chi connectivity index (χ0) is 16.3. The van der Waals surface area contributed by atoms with Crippen LogP contribution in [0.5, 0.6) is 0 Å². The Morgan fingerprint density at radius 1 is 1.29 bits per heavy atom. The summed E-state index contributed by atoms with van der Waals surface area (Å²) in [6.07, 6.45) is -3.63. The average Bonchev–Trinajstić information content (AvgIpc) is 2.36. The van der Waals surface area contributed by atoms with E-state index >= 15 is 0 Å². The minimum absolute atomic E-state index is 0.174. The number of benzene rings is 1. The van der Waals surface area contributed by atoms with E-state index < -0.39 is 22.7 Å². The summed E-state index contributed by atoms with van der Waals surface area (Å²) in [6.45, 7) is 1.80. The Bertz CT molecular complexity index is 586. The van der Waals surface area contributed by atoms with Crippen LogP contribution in [0.4, 0.5) is 18.9 Å². The fourth-order valence-corrected chi connectivity index (χ4v) is 3.25. The highest BCUT2D eigenvalue weighted by molar-refractivity contribution is 7.89. The number of alkyl halides is 3. The highest BCUT2D eigenvalue weighted by Crippen LogP contribution is 2.25. The highest BCUT2D eigenvalue weighted by atomic mass is 32.2.